The molecule has 1 fully saturated rings. The third kappa shape index (κ3) is 5.23. The second kappa shape index (κ2) is 9.52. The highest BCUT2D eigenvalue weighted by Crippen LogP contribution is 2.29. The van der Waals surface area contributed by atoms with E-state index in [1.165, 1.54) is 19.1 Å². The van der Waals surface area contributed by atoms with Crippen LogP contribution in [0.4, 0.5) is 4.39 Å². The zero-order chi connectivity index (χ0) is 21.7. The second-order valence-corrected chi connectivity index (χ2v) is 7.46. The fourth-order valence-electron chi connectivity index (χ4n) is 3.43. The minimum absolute atomic E-state index is 0.0694. The first-order chi connectivity index (χ1) is 14.3. The van der Waals surface area contributed by atoms with Crippen LogP contribution in [0, 0.1) is 11.7 Å². The predicted octanol–water partition coefficient (Wildman–Crippen LogP) is 2.98. The molecule has 0 aliphatic carbocycles. The molecule has 1 heterocycles. The first kappa shape index (κ1) is 21.5. The zero-order valence-corrected chi connectivity index (χ0v) is 17.0. The molecule has 2 amide bonds. The molecule has 1 N–H and O–H groups in total. The molecule has 3 atom stereocenters. The topological polar surface area (TPSA) is 75.7 Å². The summed E-state index contributed by atoms with van der Waals surface area (Å²) in [5.74, 6) is -2.08. The van der Waals surface area contributed by atoms with Crippen LogP contribution in [0.3, 0.4) is 0 Å². The molecule has 0 unspecified atom stereocenters. The van der Waals surface area contributed by atoms with Crippen LogP contribution in [0.25, 0.3) is 0 Å². The van der Waals surface area contributed by atoms with Crippen molar-refractivity contribution in [3.05, 3.63) is 71.5 Å². The largest absolute Gasteiger partial charge is 0.452 e. The Hall–Kier alpha value is -3.22. The maximum absolute atomic E-state index is 12.9. The van der Waals surface area contributed by atoms with Gasteiger partial charge in [-0.05, 0) is 37.1 Å². The monoisotopic (exact) mass is 412 g/mol. The highest BCUT2D eigenvalue weighted by atomic mass is 19.1. The summed E-state index contributed by atoms with van der Waals surface area (Å²) in [5.41, 5.74) is 1.73. The van der Waals surface area contributed by atoms with E-state index in [0.29, 0.717) is 0 Å². The summed E-state index contributed by atoms with van der Waals surface area (Å²) in [5, 5.41) is 2.66. The van der Waals surface area contributed by atoms with Crippen molar-refractivity contribution in [2.75, 3.05) is 6.54 Å². The number of rotatable bonds is 7. The van der Waals surface area contributed by atoms with Gasteiger partial charge in [-0.1, -0.05) is 42.5 Å². The number of carbonyl (C=O) groups is 3. The maximum Gasteiger partial charge on any atom is 0.312 e. The number of hydrogen-bond donors (Lipinski definition) is 1. The van der Waals surface area contributed by atoms with E-state index in [0.717, 1.165) is 11.1 Å². The highest BCUT2D eigenvalue weighted by Gasteiger charge is 2.38. The Balaban J connectivity index is 1.50. The summed E-state index contributed by atoms with van der Waals surface area (Å²) in [6.07, 6.45) is -0.923. The lowest BCUT2D eigenvalue weighted by Gasteiger charge is -2.25. The molecule has 3 rings (SSSR count). The Morgan fingerprint density at radius 2 is 1.80 bits per heavy atom. The van der Waals surface area contributed by atoms with Gasteiger partial charge in [0, 0.05) is 19.5 Å². The molecule has 1 saturated heterocycles. The lowest BCUT2D eigenvalue weighted by atomic mass is 10.1. The predicted molar refractivity (Wildman–Crippen MR) is 108 cm³/mol. The van der Waals surface area contributed by atoms with Crippen molar-refractivity contribution in [2.45, 2.75) is 39.0 Å². The number of nitrogens with zero attached hydrogens (tertiary/aromatic N) is 1. The van der Waals surface area contributed by atoms with Gasteiger partial charge in [-0.2, -0.15) is 0 Å². The number of amides is 2. The van der Waals surface area contributed by atoms with Gasteiger partial charge in [0.05, 0.1) is 12.0 Å². The molecule has 7 heteroatoms. The van der Waals surface area contributed by atoms with Crippen LogP contribution < -0.4 is 5.32 Å². The summed E-state index contributed by atoms with van der Waals surface area (Å²) in [6.45, 7) is 3.87. The maximum atomic E-state index is 12.9. The third-order valence-corrected chi connectivity index (χ3v) is 5.28. The van der Waals surface area contributed by atoms with E-state index in [1.54, 1.807) is 17.0 Å². The van der Waals surface area contributed by atoms with E-state index in [4.69, 9.17) is 4.74 Å². The van der Waals surface area contributed by atoms with Crippen LogP contribution in [0.2, 0.25) is 0 Å². The quantitative estimate of drug-likeness (QED) is 0.710. The van der Waals surface area contributed by atoms with Crippen LogP contribution in [0.15, 0.2) is 54.6 Å². The molecule has 1 aliphatic heterocycles. The summed E-state index contributed by atoms with van der Waals surface area (Å²) in [6, 6.07) is 15.2. The third-order valence-electron chi connectivity index (χ3n) is 5.28. The van der Waals surface area contributed by atoms with Crippen LogP contribution >= 0.6 is 0 Å². The van der Waals surface area contributed by atoms with E-state index in [2.05, 4.69) is 5.32 Å². The van der Waals surface area contributed by atoms with Gasteiger partial charge in [0.15, 0.2) is 6.10 Å². The highest BCUT2D eigenvalue weighted by molar-refractivity contribution is 5.89. The molecule has 0 radical (unpaired) electrons. The molecule has 2 aromatic rings. The van der Waals surface area contributed by atoms with E-state index in [1.807, 2.05) is 37.3 Å². The Kier molecular flexibility index (Phi) is 6.82. The van der Waals surface area contributed by atoms with Gasteiger partial charge in [-0.25, -0.2) is 4.39 Å². The molecule has 0 aromatic heterocycles. The van der Waals surface area contributed by atoms with Gasteiger partial charge in [0.25, 0.3) is 5.91 Å². The molecule has 0 spiro atoms. The van der Waals surface area contributed by atoms with E-state index >= 15 is 0 Å². The van der Waals surface area contributed by atoms with Gasteiger partial charge >= 0.3 is 5.97 Å². The van der Waals surface area contributed by atoms with Crippen molar-refractivity contribution >= 4 is 17.8 Å². The number of benzene rings is 2. The standard InChI is InChI=1S/C23H25FN2O4/c1-15(18-6-4-3-5-7-18)26-14-19(12-21(26)27)23(29)30-16(2)22(28)25-13-17-8-10-20(24)11-9-17/h3-11,15-16,19H,12-14H2,1-2H3,(H,25,28)/t15-,16-,19-/m0/s1. The lowest BCUT2D eigenvalue weighted by molar-refractivity contribution is -0.158. The zero-order valence-electron chi connectivity index (χ0n) is 17.0. The molecule has 158 valence electrons. The van der Waals surface area contributed by atoms with Crippen molar-refractivity contribution < 1.29 is 23.5 Å². The van der Waals surface area contributed by atoms with Gasteiger partial charge in [0.1, 0.15) is 5.82 Å². The van der Waals surface area contributed by atoms with Crippen molar-refractivity contribution in [3.63, 3.8) is 0 Å². The molecule has 6 nitrogen and oxygen atoms in total. The molecule has 2 aromatic carbocycles. The van der Waals surface area contributed by atoms with Crippen molar-refractivity contribution in [1.82, 2.24) is 10.2 Å². The van der Waals surface area contributed by atoms with E-state index in [-0.39, 0.29) is 37.3 Å². The number of nitrogens with one attached hydrogen (secondary N) is 1. The number of hydrogen-bond acceptors (Lipinski definition) is 4. The van der Waals surface area contributed by atoms with Gasteiger partial charge < -0.3 is 15.0 Å². The Morgan fingerprint density at radius 1 is 1.13 bits per heavy atom. The van der Waals surface area contributed by atoms with Crippen LogP contribution in [-0.4, -0.2) is 35.3 Å². The molecular weight excluding hydrogens is 387 g/mol. The summed E-state index contributed by atoms with van der Waals surface area (Å²) < 4.78 is 18.2. The van der Waals surface area contributed by atoms with Crippen molar-refractivity contribution in [3.8, 4) is 0 Å². The fourth-order valence-corrected chi connectivity index (χ4v) is 3.43. The molecule has 1 aliphatic rings. The smallest absolute Gasteiger partial charge is 0.312 e. The molecular formula is C23H25FN2O4. The van der Waals surface area contributed by atoms with Crippen LogP contribution in [0.5, 0.6) is 0 Å². The number of esters is 1. The number of likely N-dealkylation sites (tertiary alicyclic amines) is 1. The van der Waals surface area contributed by atoms with Crippen molar-refractivity contribution in [1.29, 1.82) is 0 Å². The molecule has 30 heavy (non-hydrogen) atoms. The minimum Gasteiger partial charge on any atom is -0.452 e. The first-order valence-electron chi connectivity index (χ1n) is 9.92. The van der Waals surface area contributed by atoms with E-state index < -0.39 is 23.9 Å². The van der Waals surface area contributed by atoms with Crippen molar-refractivity contribution in [2.24, 2.45) is 5.92 Å². The summed E-state index contributed by atoms with van der Waals surface area (Å²) in [7, 11) is 0. The van der Waals surface area contributed by atoms with Gasteiger partial charge in [-0.15, -0.1) is 0 Å². The van der Waals surface area contributed by atoms with Crippen LogP contribution in [0.1, 0.15) is 37.4 Å². The molecule has 0 bridgehead atoms. The Labute approximate surface area is 175 Å². The number of ether oxygens (including phenoxy) is 1. The van der Waals surface area contributed by atoms with Crippen LogP contribution in [-0.2, 0) is 25.7 Å². The fraction of sp³-hybridized carbons (Fsp3) is 0.348. The first-order valence-corrected chi connectivity index (χ1v) is 9.92. The van der Waals surface area contributed by atoms with E-state index in [9.17, 15) is 18.8 Å². The SMILES string of the molecule is C[C@H](OC(=O)[C@H]1CC(=O)N([C@@H](C)c2ccccc2)C1)C(=O)NCc1ccc(F)cc1. The average Bonchev–Trinajstić information content (AvgIpc) is 3.15. The normalized spacial score (nSPS) is 18.0. The number of halogens is 1. The summed E-state index contributed by atoms with van der Waals surface area (Å²) in [4.78, 5) is 38.8. The Morgan fingerprint density at radius 3 is 2.47 bits per heavy atom. The Bertz CT molecular complexity index is 901. The summed E-state index contributed by atoms with van der Waals surface area (Å²) >= 11 is 0. The van der Waals surface area contributed by atoms with Gasteiger partial charge in [-0.3, -0.25) is 14.4 Å². The molecule has 0 saturated carbocycles. The van der Waals surface area contributed by atoms with Gasteiger partial charge in [0.2, 0.25) is 5.91 Å². The number of carbonyl (C=O) groups excluding carboxylic acids is 3. The average molecular weight is 412 g/mol. The minimum atomic E-state index is -0.992. The lowest BCUT2D eigenvalue weighted by Crippen LogP contribution is -2.37. The second-order valence-electron chi connectivity index (χ2n) is 7.46.